The lowest BCUT2D eigenvalue weighted by Crippen LogP contribution is -2.05. The van der Waals surface area contributed by atoms with Crippen molar-refractivity contribution in [2.45, 2.75) is 19.1 Å². The molecule has 0 bridgehead atoms. The van der Waals surface area contributed by atoms with Crippen LogP contribution in [0, 0.1) is 0 Å². The predicted molar refractivity (Wildman–Crippen MR) is 78.3 cm³/mol. The van der Waals surface area contributed by atoms with Gasteiger partial charge in [-0.3, -0.25) is 4.68 Å². The van der Waals surface area contributed by atoms with Crippen LogP contribution in [-0.2, 0) is 12.8 Å². The van der Waals surface area contributed by atoms with Crippen molar-refractivity contribution in [3.8, 4) is 0 Å². The molecule has 0 saturated carbocycles. The van der Waals surface area contributed by atoms with Crippen LogP contribution in [0.3, 0.4) is 0 Å². The zero-order valence-electron chi connectivity index (χ0n) is 11.3. The molecule has 0 aliphatic carbocycles. The Morgan fingerprint density at radius 2 is 2.26 bits per heavy atom. The van der Waals surface area contributed by atoms with E-state index in [9.17, 15) is 0 Å². The smallest absolute Gasteiger partial charge is 0.163 e. The number of fused-ring (bicyclic) bond motifs is 1. The molecule has 0 fully saturated rings. The number of aliphatic hydroxyl groups excluding tert-OH is 1. The molecule has 0 amide bonds. The number of nitrogens with zero attached hydrogens (tertiary/aromatic N) is 4. The Morgan fingerprint density at radius 3 is 3.00 bits per heavy atom. The number of hydrogen-bond acceptors (Lipinski definition) is 6. The Morgan fingerprint density at radius 1 is 1.42 bits per heavy atom. The van der Waals surface area contributed by atoms with Crippen LogP contribution in [0.15, 0.2) is 6.20 Å². The molecule has 7 heteroatoms. The minimum Gasteiger partial charge on any atom is -0.396 e. The number of aromatic nitrogens is 4. The van der Waals surface area contributed by atoms with Gasteiger partial charge in [-0.1, -0.05) is 0 Å². The van der Waals surface area contributed by atoms with E-state index >= 15 is 0 Å². The fourth-order valence-corrected chi connectivity index (χ4v) is 2.55. The van der Waals surface area contributed by atoms with Crippen LogP contribution in [0.25, 0.3) is 11.0 Å². The highest BCUT2D eigenvalue weighted by atomic mass is 32.2. The summed E-state index contributed by atoms with van der Waals surface area (Å²) in [5.74, 6) is 3.31. The molecule has 2 aromatic rings. The molecule has 0 aliphatic heterocycles. The van der Waals surface area contributed by atoms with Crippen molar-refractivity contribution in [3.05, 3.63) is 12.0 Å². The van der Waals surface area contributed by atoms with Crippen molar-refractivity contribution in [3.63, 3.8) is 0 Å². The Hall–Kier alpha value is -1.34. The molecule has 6 nitrogen and oxygen atoms in total. The molecule has 0 spiro atoms. The SMILES string of the molecule is CCNc1nc(CSCCCO)nc2c1cnn2C. The highest BCUT2D eigenvalue weighted by Crippen LogP contribution is 2.21. The number of aliphatic hydroxyl groups is 1. The first kappa shape index (κ1) is 14.1. The third-order valence-electron chi connectivity index (χ3n) is 2.66. The largest absolute Gasteiger partial charge is 0.396 e. The average molecular weight is 281 g/mol. The highest BCUT2D eigenvalue weighted by Gasteiger charge is 2.10. The van der Waals surface area contributed by atoms with E-state index in [0.717, 1.165) is 47.1 Å². The number of anilines is 1. The fourth-order valence-electron chi connectivity index (χ4n) is 1.76. The van der Waals surface area contributed by atoms with Crippen LogP contribution >= 0.6 is 11.8 Å². The fraction of sp³-hybridized carbons (Fsp3) is 0.583. The van der Waals surface area contributed by atoms with Crippen LogP contribution in [0.4, 0.5) is 5.82 Å². The molecule has 0 atom stereocenters. The molecule has 0 radical (unpaired) electrons. The first-order valence-corrected chi connectivity index (χ1v) is 7.52. The average Bonchev–Trinajstić information content (AvgIpc) is 2.78. The Bertz CT molecular complexity index is 542. The van der Waals surface area contributed by atoms with E-state index < -0.39 is 0 Å². The number of aryl methyl sites for hydroxylation is 1. The quantitative estimate of drug-likeness (QED) is 0.747. The maximum Gasteiger partial charge on any atom is 0.163 e. The van der Waals surface area contributed by atoms with Gasteiger partial charge in [0.1, 0.15) is 11.6 Å². The molecule has 2 rings (SSSR count). The summed E-state index contributed by atoms with van der Waals surface area (Å²) in [6.45, 7) is 3.09. The summed E-state index contributed by atoms with van der Waals surface area (Å²) in [7, 11) is 1.88. The molecule has 104 valence electrons. The molecular weight excluding hydrogens is 262 g/mol. The van der Waals surface area contributed by atoms with Gasteiger partial charge in [-0.05, 0) is 19.1 Å². The zero-order valence-corrected chi connectivity index (χ0v) is 12.1. The number of rotatable bonds is 7. The van der Waals surface area contributed by atoms with Crippen LogP contribution < -0.4 is 5.32 Å². The standard InChI is InChI=1S/C12H19N5OS/c1-3-13-11-9-7-14-17(2)12(9)16-10(15-11)8-19-6-4-5-18/h7,18H,3-6,8H2,1-2H3,(H,13,15,16). The van der Waals surface area contributed by atoms with Crippen molar-refractivity contribution in [2.24, 2.45) is 7.05 Å². The van der Waals surface area contributed by atoms with Crippen LogP contribution in [0.5, 0.6) is 0 Å². The molecule has 2 heterocycles. The van der Waals surface area contributed by atoms with Crippen molar-refractivity contribution in [1.82, 2.24) is 19.7 Å². The summed E-state index contributed by atoms with van der Waals surface area (Å²) >= 11 is 1.73. The van der Waals surface area contributed by atoms with Crippen molar-refractivity contribution >= 4 is 28.6 Å². The van der Waals surface area contributed by atoms with E-state index in [2.05, 4.69) is 20.4 Å². The van der Waals surface area contributed by atoms with Crippen LogP contribution in [-0.4, -0.2) is 43.8 Å². The monoisotopic (exact) mass is 281 g/mol. The van der Waals surface area contributed by atoms with Gasteiger partial charge in [-0.15, -0.1) is 0 Å². The maximum absolute atomic E-state index is 8.76. The van der Waals surface area contributed by atoms with E-state index in [0.29, 0.717) is 0 Å². The van der Waals surface area contributed by atoms with Crippen molar-refractivity contribution < 1.29 is 5.11 Å². The minimum atomic E-state index is 0.233. The lowest BCUT2D eigenvalue weighted by Gasteiger charge is -2.07. The summed E-state index contributed by atoms with van der Waals surface area (Å²) in [4.78, 5) is 9.08. The third-order valence-corrected chi connectivity index (χ3v) is 3.70. The topological polar surface area (TPSA) is 75.9 Å². The summed E-state index contributed by atoms with van der Waals surface area (Å²) < 4.78 is 1.76. The molecule has 19 heavy (non-hydrogen) atoms. The van der Waals surface area contributed by atoms with E-state index in [1.54, 1.807) is 22.6 Å². The Kier molecular flexibility index (Phi) is 4.98. The normalized spacial score (nSPS) is 11.1. The predicted octanol–water partition coefficient (Wildman–Crippen LogP) is 1.41. The summed E-state index contributed by atoms with van der Waals surface area (Å²) in [5.41, 5.74) is 0.851. The van der Waals surface area contributed by atoms with E-state index in [1.165, 1.54) is 0 Å². The molecule has 0 aromatic carbocycles. The first-order chi connectivity index (χ1) is 9.26. The van der Waals surface area contributed by atoms with E-state index in [-0.39, 0.29) is 6.61 Å². The van der Waals surface area contributed by atoms with Crippen LogP contribution in [0.1, 0.15) is 19.2 Å². The summed E-state index contributed by atoms with van der Waals surface area (Å²) in [6, 6.07) is 0. The number of hydrogen-bond donors (Lipinski definition) is 2. The molecule has 0 saturated heterocycles. The van der Waals surface area contributed by atoms with E-state index in [4.69, 9.17) is 5.11 Å². The Labute approximate surface area is 116 Å². The van der Waals surface area contributed by atoms with Gasteiger partial charge in [0.25, 0.3) is 0 Å². The molecule has 0 aliphatic rings. The third kappa shape index (κ3) is 3.36. The van der Waals surface area contributed by atoms with Gasteiger partial charge in [0, 0.05) is 20.2 Å². The zero-order chi connectivity index (χ0) is 13.7. The molecule has 2 N–H and O–H groups in total. The number of thioether (sulfide) groups is 1. The molecule has 2 aromatic heterocycles. The van der Waals surface area contributed by atoms with Crippen LogP contribution in [0.2, 0.25) is 0 Å². The summed E-state index contributed by atoms with van der Waals surface area (Å²) in [6.07, 6.45) is 2.59. The molecular formula is C12H19N5OS. The lowest BCUT2D eigenvalue weighted by molar-refractivity contribution is 0.296. The Balaban J connectivity index is 2.21. The summed E-state index contributed by atoms with van der Waals surface area (Å²) in [5, 5.41) is 17.2. The second-order valence-corrected chi connectivity index (χ2v) is 5.26. The molecule has 0 unspecified atom stereocenters. The van der Waals surface area contributed by atoms with Crippen molar-refractivity contribution in [2.75, 3.05) is 24.2 Å². The van der Waals surface area contributed by atoms with Gasteiger partial charge in [0.05, 0.1) is 17.3 Å². The van der Waals surface area contributed by atoms with Gasteiger partial charge in [-0.25, -0.2) is 9.97 Å². The van der Waals surface area contributed by atoms with Gasteiger partial charge < -0.3 is 10.4 Å². The first-order valence-electron chi connectivity index (χ1n) is 6.37. The second-order valence-electron chi connectivity index (χ2n) is 4.15. The van der Waals surface area contributed by atoms with Crippen molar-refractivity contribution in [1.29, 1.82) is 0 Å². The van der Waals surface area contributed by atoms with Gasteiger partial charge in [0.15, 0.2) is 5.65 Å². The van der Waals surface area contributed by atoms with Gasteiger partial charge in [-0.2, -0.15) is 16.9 Å². The highest BCUT2D eigenvalue weighted by molar-refractivity contribution is 7.98. The maximum atomic E-state index is 8.76. The number of nitrogens with one attached hydrogen (secondary N) is 1. The lowest BCUT2D eigenvalue weighted by atomic mass is 10.4. The minimum absolute atomic E-state index is 0.233. The second kappa shape index (κ2) is 6.72. The van der Waals surface area contributed by atoms with Gasteiger partial charge in [0.2, 0.25) is 0 Å². The van der Waals surface area contributed by atoms with E-state index in [1.807, 2.05) is 14.0 Å². The van der Waals surface area contributed by atoms with Gasteiger partial charge >= 0.3 is 0 Å².